The van der Waals surface area contributed by atoms with E-state index in [4.69, 9.17) is 10.0 Å². The molecule has 0 radical (unpaired) electrons. The number of piperidine rings is 1. The van der Waals surface area contributed by atoms with Gasteiger partial charge in [-0.2, -0.15) is 0 Å². The maximum Gasteiger partial charge on any atom is 0.488 e. The SMILES string of the molecule is CN1CCC(N(C)Cc2ccc(B(O)O)cc2)CC1. The Morgan fingerprint density at radius 2 is 1.79 bits per heavy atom. The molecule has 0 unspecified atom stereocenters. The first-order chi connectivity index (χ1) is 9.06. The van der Waals surface area contributed by atoms with Gasteiger partial charge in [0.25, 0.3) is 0 Å². The molecule has 4 nitrogen and oxygen atoms in total. The van der Waals surface area contributed by atoms with Crippen molar-refractivity contribution in [2.24, 2.45) is 0 Å². The van der Waals surface area contributed by atoms with Crippen LogP contribution in [-0.2, 0) is 6.54 Å². The second-order valence-electron chi connectivity index (χ2n) is 5.56. The van der Waals surface area contributed by atoms with Gasteiger partial charge in [0.2, 0.25) is 0 Å². The van der Waals surface area contributed by atoms with E-state index in [1.54, 1.807) is 12.1 Å². The van der Waals surface area contributed by atoms with E-state index in [2.05, 4.69) is 23.9 Å². The monoisotopic (exact) mass is 262 g/mol. The van der Waals surface area contributed by atoms with Crippen LogP contribution in [0.3, 0.4) is 0 Å². The summed E-state index contributed by atoms with van der Waals surface area (Å²) < 4.78 is 0. The highest BCUT2D eigenvalue weighted by atomic mass is 16.4. The number of benzene rings is 1. The first-order valence-electron chi connectivity index (χ1n) is 6.90. The molecule has 1 fully saturated rings. The summed E-state index contributed by atoms with van der Waals surface area (Å²) in [5.74, 6) is 0. The van der Waals surface area contributed by atoms with E-state index in [-0.39, 0.29) is 0 Å². The Balaban J connectivity index is 1.89. The summed E-state index contributed by atoms with van der Waals surface area (Å²) in [6.07, 6.45) is 2.45. The average Bonchev–Trinajstić information content (AvgIpc) is 2.40. The summed E-state index contributed by atoms with van der Waals surface area (Å²) in [7, 11) is 2.97. The van der Waals surface area contributed by atoms with Crippen LogP contribution in [0, 0.1) is 0 Å². The normalized spacial score (nSPS) is 17.9. The molecular formula is C14H23BN2O2. The zero-order valence-electron chi connectivity index (χ0n) is 11.8. The molecule has 1 aromatic rings. The molecule has 0 atom stereocenters. The van der Waals surface area contributed by atoms with Gasteiger partial charge in [0.1, 0.15) is 0 Å². The fourth-order valence-corrected chi connectivity index (χ4v) is 2.65. The van der Waals surface area contributed by atoms with Crippen molar-refractivity contribution in [3.63, 3.8) is 0 Å². The van der Waals surface area contributed by atoms with Crippen LogP contribution in [0.4, 0.5) is 0 Å². The summed E-state index contributed by atoms with van der Waals surface area (Å²) in [5, 5.41) is 18.1. The van der Waals surface area contributed by atoms with E-state index in [0.29, 0.717) is 11.5 Å². The van der Waals surface area contributed by atoms with Gasteiger partial charge < -0.3 is 14.9 Å². The average molecular weight is 262 g/mol. The van der Waals surface area contributed by atoms with Gasteiger partial charge in [-0.1, -0.05) is 24.3 Å². The number of likely N-dealkylation sites (tertiary alicyclic amines) is 1. The highest BCUT2D eigenvalue weighted by Crippen LogP contribution is 2.16. The van der Waals surface area contributed by atoms with Crippen LogP contribution in [-0.4, -0.2) is 60.2 Å². The summed E-state index contributed by atoms with van der Waals surface area (Å²) in [6, 6.07) is 8.16. The Morgan fingerprint density at radius 3 is 2.32 bits per heavy atom. The Bertz CT molecular complexity index is 389. The molecule has 104 valence electrons. The first-order valence-corrected chi connectivity index (χ1v) is 6.90. The molecule has 5 heteroatoms. The standard InChI is InChI=1S/C14H23BN2O2/c1-16-9-7-14(8-10-16)17(2)11-12-3-5-13(6-4-12)15(18)19/h3-6,14,18-19H,7-11H2,1-2H3. The summed E-state index contributed by atoms with van der Waals surface area (Å²) in [5.41, 5.74) is 1.76. The molecule has 0 spiro atoms. The van der Waals surface area contributed by atoms with Crippen molar-refractivity contribution >= 4 is 12.6 Å². The lowest BCUT2D eigenvalue weighted by Gasteiger charge is -2.35. The maximum absolute atomic E-state index is 9.07. The maximum atomic E-state index is 9.07. The van der Waals surface area contributed by atoms with Crippen LogP contribution in [0.5, 0.6) is 0 Å². The van der Waals surface area contributed by atoms with Crippen molar-refractivity contribution in [1.29, 1.82) is 0 Å². The largest absolute Gasteiger partial charge is 0.488 e. The molecule has 1 aromatic carbocycles. The van der Waals surface area contributed by atoms with E-state index in [9.17, 15) is 0 Å². The topological polar surface area (TPSA) is 46.9 Å². The van der Waals surface area contributed by atoms with Crippen molar-refractivity contribution in [2.75, 3.05) is 27.2 Å². The second kappa shape index (κ2) is 6.52. The molecule has 1 heterocycles. The third kappa shape index (κ3) is 4.04. The minimum Gasteiger partial charge on any atom is -0.423 e. The molecule has 0 saturated carbocycles. The molecule has 1 aliphatic rings. The summed E-state index contributed by atoms with van der Waals surface area (Å²) in [6.45, 7) is 3.26. The predicted molar refractivity (Wildman–Crippen MR) is 78.3 cm³/mol. The fourth-order valence-electron chi connectivity index (χ4n) is 2.65. The van der Waals surface area contributed by atoms with Gasteiger partial charge in [-0.25, -0.2) is 0 Å². The van der Waals surface area contributed by atoms with Crippen molar-refractivity contribution in [3.05, 3.63) is 29.8 Å². The van der Waals surface area contributed by atoms with Crippen LogP contribution >= 0.6 is 0 Å². The molecule has 2 rings (SSSR count). The molecular weight excluding hydrogens is 239 g/mol. The number of rotatable bonds is 4. The molecule has 0 aliphatic carbocycles. The van der Waals surface area contributed by atoms with Crippen LogP contribution in [0.15, 0.2) is 24.3 Å². The molecule has 0 aromatic heterocycles. The molecule has 1 saturated heterocycles. The van der Waals surface area contributed by atoms with Gasteiger partial charge >= 0.3 is 7.12 Å². The first kappa shape index (κ1) is 14.5. The van der Waals surface area contributed by atoms with E-state index in [1.807, 2.05) is 12.1 Å². The lowest BCUT2D eigenvalue weighted by Crippen LogP contribution is -2.41. The lowest BCUT2D eigenvalue weighted by atomic mass is 9.80. The van der Waals surface area contributed by atoms with Gasteiger partial charge in [-0.05, 0) is 51.1 Å². The molecule has 0 bridgehead atoms. The Kier molecular flexibility index (Phi) is 4.99. The number of nitrogens with zero attached hydrogens (tertiary/aromatic N) is 2. The Hall–Kier alpha value is -0.875. The van der Waals surface area contributed by atoms with Crippen LogP contribution in [0.25, 0.3) is 0 Å². The molecule has 19 heavy (non-hydrogen) atoms. The third-order valence-corrected chi connectivity index (χ3v) is 4.02. The smallest absolute Gasteiger partial charge is 0.423 e. The third-order valence-electron chi connectivity index (χ3n) is 4.02. The van der Waals surface area contributed by atoms with E-state index < -0.39 is 7.12 Å². The minimum absolute atomic E-state index is 0.547. The lowest BCUT2D eigenvalue weighted by molar-refractivity contribution is 0.139. The van der Waals surface area contributed by atoms with Gasteiger partial charge in [-0.15, -0.1) is 0 Å². The van der Waals surface area contributed by atoms with Crippen LogP contribution < -0.4 is 5.46 Å². The minimum atomic E-state index is -1.37. The van der Waals surface area contributed by atoms with Crippen LogP contribution in [0.1, 0.15) is 18.4 Å². The highest BCUT2D eigenvalue weighted by molar-refractivity contribution is 6.58. The molecule has 1 aliphatic heterocycles. The van der Waals surface area contributed by atoms with E-state index >= 15 is 0 Å². The predicted octanol–water partition coefficient (Wildman–Crippen LogP) is -0.108. The van der Waals surface area contributed by atoms with Gasteiger partial charge in [-0.3, -0.25) is 4.90 Å². The van der Waals surface area contributed by atoms with Crippen molar-refractivity contribution < 1.29 is 10.0 Å². The number of hydrogen-bond acceptors (Lipinski definition) is 4. The van der Waals surface area contributed by atoms with Crippen molar-refractivity contribution in [1.82, 2.24) is 9.80 Å². The second-order valence-corrected chi connectivity index (χ2v) is 5.56. The Morgan fingerprint density at radius 1 is 1.21 bits per heavy atom. The Labute approximate surface area is 115 Å². The molecule has 2 N–H and O–H groups in total. The summed E-state index contributed by atoms with van der Waals surface area (Å²) in [4.78, 5) is 4.78. The van der Waals surface area contributed by atoms with E-state index in [0.717, 1.165) is 6.54 Å². The fraction of sp³-hybridized carbons (Fsp3) is 0.571. The molecule has 0 amide bonds. The highest BCUT2D eigenvalue weighted by Gasteiger charge is 2.20. The van der Waals surface area contributed by atoms with Crippen molar-refractivity contribution in [2.45, 2.75) is 25.4 Å². The zero-order chi connectivity index (χ0) is 13.8. The summed E-state index contributed by atoms with van der Waals surface area (Å²) >= 11 is 0. The van der Waals surface area contributed by atoms with E-state index in [1.165, 1.54) is 31.5 Å². The van der Waals surface area contributed by atoms with Gasteiger partial charge in [0.15, 0.2) is 0 Å². The zero-order valence-corrected chi connectivity index (χ0v) is 11.8. The quantitative estimate of drug-likeness (QED) is 0.743. The number of hydrogen-bond donors (Lipinski definition) is 2. The van der Waals surface area contributed by atoms with Crippen molar-refractivity contribution in [3.8, 4) is 0 Å². The van der Waals surface area contributed by atoms with Crippen LogP contribution in [0.2, 0.25) is 0 Å². The van der Waals surface area contributed by atoms with Gasteiger partial charge in [0.05, 0.1) is 0 Å². The van der Waals surface area contributed by atoms with Gasteiger partial charge in [0, 0.05) is 12.6 Å².